The lowest BCUT2D eigenvalue weighted by atomic mass is 10.0. The Morgan fingerprint density at radius 1 is 1.33 bits per heavy atom. The molecule has 0 saturated heterocycles. The fourth-order valence-corrected chi connectivity index (χ4v) is 3.61. The monoisotopic (exact) mass is 342 g/mol. The number of rotatable bonds is 3. The zero-order valence-corrected chi connectivity index (χ0v) is 13.7. The van der Waals surface area contributed by atoms with E-state index in [-0.39, 0.29) is 11.7 Å². The zero-order chi connectivity index (χ0) is 16.8. The van der Waals surface area contributed by atoms with Gasteiger partial charge >= 0.3 is 0 Å². The Morgan fingerprint density at radius 3 is 2.88 bits per heavy atom. The summed E-state index contributed by atoms with van der Waals surface area (Å²) in [6.07, 6.45) is -0.711. The molecule has 1 fully saturated rings. The van der Waals surface area contributed by atoms with Crippen molar-refractivity contribution in [3.8, 4) is 16.9 Å². The molecule has 2 N–H and O–H groups in total. The van der Waals surface area contributed by atoms with Gasteiger partial charge in [-0.05, 0) is 54.3 Å². The van der Waals surface area contributed by atoms with E-state index >= 15 is 0 Å². The number of fused-ring (bicyclic) bond motifs is 1. The van der Waals surface area contributed by atoms with E-state index < -0.39 is 12.1 Å². The number of carbonyl (C=O) groups excluding carboxylic acids is 1. The molecular weight excluding hydrogens is 327 g/mol. The number of aromatic hydroxyl groups is 1. The van der Waals surface area contributed by atoms with Crippen LogP contribution in [0.3, 0.4) is 0 Å². The van der Waals surface area contributed by atoms with Crippen LogP contribution in [0, 0.1) is 12.8 Å². The van der Waals surface area contributed by atoms with Gasteiger partial charge in [0.1, 0.15) is 11.9 Å². The number of alkyl halides is 1. The Bertz CT molecular complexity index is 953. The highest BCUT2D eigenvalue weighted by Crippen LogP contribution is 2.36. The number of benzene rings is 2. The summed E-state index contributed by atoms with van der Waals surface area (Å²) in [6.45, 7) is 1.99. The largest absolute Gasteiger partial charge is 0.508 e. The van der Waals surface area contributed by atoms with E-state index in [0.29, 0.717) is 11.6 Å². The second-order valence-electron chi connectivity index (χ2n) is 6.05. The summed E-state index contributed by atoms with van der Waals surface area (Å²) in [7, 11) is 0. The van der Waals surface area contributed by atoms with Gasteiger partial charge in [0.15, 0.2) is 5.13 Å². The van der Waals surface area contributed by atoms with Crippen molar-refractivity contribution in [1.29, 1.82) is 0 Å². The van der Waals surface area contributed by atoms with Crippen molar-refractivity contribution < 1.29 is 14.3 Å². The fraction of sp³-hybridized carbons (Fsp3) is 0.222. The number of phenolic OH excluding ortho intramolecular Hbond substituents is 1. The third-order valence-corrected chi connectivity index (χ3v) is 5.13. The van der Waals surface area contributed by atoms with Crippen LogP contribution in [0.1, 0.15) is 12.0 Å². The Balaban J connectivity index is 1.66. The van der Waals surface area contributed by atoms with Crippen LogP contribution in [0.25, 0.3) is 21.3 Å². The average molecular weight is 342 g/mol. The van der Waals surface area contributed by atoms with Gasteiger partial charge in [0.2, 0.25) is 5.91 Å². The van der Waals surface area contributed by atoms with Gasteiger partial charge in [-0.3, -0.25) is 4.79 Å². The Kier molecular flexibility index (Phi) is 3.49. The Morgan fingerprint density at radius 2 is 2.12 bits per heavy atom. The number of thiazole rings is 1. The quantitative estimate of drug-likeness (QED) is 0.747. The molecule has 2 aromatic carbocycles. The summed E-state index contributed by atoms with van der Waals surface area (Å²) in [5.74, 6) is -0.605. The van der Waals surface area contributed by atoms with Crippen LogP contribution in [-0.2, 0) is 4.79 Å². The van der Waals surface area contributed by atoms with E-state index in [4.69, 9.17) is 0 Å². The van der Waals surface area contributed by atoms with Crippen molar-refractivity contribution in [2.75, 3.05) is 5.32 Å². The number of phenols is 1. The maximum Gasteiger partial charge on any atom is 0.232 e. The van der Waals surface area contributed by atoms with Gasteiger partial charge in [-0.25, -0.2) is 9.37 Å². The van der Waals surface area contributed by atoms with Crippen molar-refractivity contribution in [2.24, 2.45) is 5.92 Å². The third kappa shape index (κ3) is 2.73. The van der Waals surface area contributed by atoms with Crippen LogP contribution < -0.4 is 5.32 Å². The number of anilines is 1. The molecule has 0 unspecified atom stereocenters. The van der Waals surface area contributed by atoms with E-state index in [1.165, 1.54) is 11.3 Å². The van der Waals surface area contributed by atoms with Crippen LogP contribution >= 0.6 is 11.3 Å². The van der Waals surface area contributed by atoms with Crippen LogP contribution in [-0.4, -0.2) is 22.2 Å². The molecule has 0 aliphatic heterocycles. The number of carbonyl (C=O) groups is 1. The summed E-state index contributed by atoms with van der Waals surface area (Å²) < 4.78 is 13.9. The summed E-state index contributed by atoms with van der Waals surface area (Å²) in [6, 6.07) is 11.1. The molecule has 3 aromatic rings. The first-order valence-electron chi connectivity index (χ1n) is 7.67. The minimum atomic E-state index is -1.01. The molecule has 6 heteroatoms. The van der Waals surface area contributed by atoms with E-state index in [9.17, 15) is 14.3 Å². The maximum absolute atomic E-state index is 12.9. The summed E-state index contributed by atoms with van der Waals surface area (Å²) in [5.41, 5.74) is 3.77. The standard InChI is InChI=1S/C18H15FN2O2S/c1-9-2-4-11(22)7-12(9)10-3-5-15-16(6-10)24-18(20-15)21-17(23)13-8-14(13)19/h2-7,13-14,22H,8H2,1H3,(H,20,21,23)/t13-,14+/m1/s1. The van der Waals surface area contributed by atoms with Crippen LogP contribution in [0.15, 0.2) is 36.4 Å². The van der Waals surface area contributed by atoms with Crippen molar-refractivity contribution in [3.05, 3.63) is 42.0 Å². The Hall–Kier alpha value is -2.47. The molecule has 1 amide bonds. The van der Waals surface area contributed by atoms with Crippen molar-refractivity contribution in [1.82, 2.24) is 4.98 Å². The van der Waals surface area contributed by atoms with E-state index in [1.54, 1.807) is 12.1 Å². The smallest absolute Gasteiger partial charge is 0.232 e. The number of aryl methyl sites for hydroxylation is 1. The van der Waals surface area contributed by atoms with E-state index in [1.807, 2.05) is 31.2 Å². The van der Waals surface area contributed by atoms with Gasteiger partial charge in [-0.15, -0.1) is 0 Å². The van der Waals surface area contributed by atoms with Crippen LogP contribution in [0.2, 0.25) is 0 Å². The highest BCUT2D eigenvalue weighted by atomic mass is 32.1. The minimum Gasteiger partial charge on any atom is -0.508 e. The number of nitrogens with one attached hydrogen (secondary N) is 1. The van der Waals surface area contributed by atoms with Gasteiger partial charge in [0.05, 0.1) is 16.1 Å². The normalized spacial score (nSPS) is 19.4. The van der Waals surface area contributed by atoms with Gasteiger partial charge in [-0.2, -0.15) is 0 Å². The van der Waals surface area contributed by atoms with E-state index in [2.05, 4.69) is 10.3 Å². The first kappa shape index (κ1) is 15.1. The number of amides is 1. The van der Waals surface area contributed by atoms with Gasteiger partial charge in [0.25, 0.3) is 0 Å². The molecule has 1 aromatic heterocycles. The molecule has 1 heterocycles. The lowest BCUT2D eigenvalue weighted by Gasteiger charge is -2.06. The topological polar surface area (TPSA) is 62.2 Å². The van der Waals surface area contributed by atoms with E-state index in [0.717, 1.165) is 26.9 Å². The van der Waals surface area contributed by atoms with Crippen LogP contribution in [0.5, 0.6) is 5.75 Å². The summed E-state index contributed by atoms with van der Waals surface area (Å²) in [4.78, 5) is 16.2. The Labute approximate surface area is 142 Å². The molecule has 4 rings (SSSR count). The molecule has 1 saturated carbocycles. The number of hydrogen-bond donors (Lipinski definition) is 2. The molecule has 0 spiro atoms. The second kappa shape index (κ2) is 5.56. The predicted octanol–water partition coefficient (Wildman–Crippen LogP) is 4.27. The highest BCUT2D eigenvalue weighted by molar-refractivity contribution is 7.22. The SMILES string of the molecule is Cc1ccc(O)cc1-c1ccc2nc(NC(=O)[C@@H]3C[C@@H]3F)sc2c1. The lowest BCUT2D eigenvalue weighted by Crippen LogP contribution is -2.14. The average Bonchev–Trinajstić information content (AvgIpc) is 3.15. The minimum absolute atomic E-state index is 0.221. The van der Waals surface area contributed by atoms with Crippen molar-refractivity contribution in [3.63, 3.8) is 0 Å². The number of halogens is 1. The van der Waals surface area contributed by atoms with Gasteiger partial charge in [0, 0.05) is 0 Å². The second-order valence-corrected chi connectivity index (χ2v) is 7.08. The number of aromatic nitrogens is 1. The molecule has 0 bridgehead atoms. The van der Waals surface area contributed by atoms with Crippen molar-refractivity contribution in [2.45, 2.75) is 19.5 Å². The molecule has 4 nitrogen and oxygen atoms in total. The lowest BCUT2D eigenvalue weighted by molar-refractivity contribution is -0.117. The molecule has 2 atom stereocenters. The number of hydrogen-bond acceptors (Lipinski definition) is 4. The zero-order valence-electron chi connectivity index (χ0n) is 12.9. The highest BCUT2D eigenvalue weighted by Gasteiger charge is 2.43. The molecule has 24 heavy (non-hydrogen) atoms. The van der Waals surface area contributed by atoms with Gasteiger partial charge in [-0.1, -0.05) is 23.5 Å². The molecule has 0 radical (unpaired) electrons. The maximum atomic E-state index is 12.9. The molecule has 122 valence electrons. The molecule has 1 aliphatic rings. The molecular formula is C18H15FN2O2S. The number of nitrogens with zero attached hydrogens (tertiary/aromatic N) is 1. The summed E-state index contributed by atoms with van der Waals surface area (Å²) in [5, 5.41) is 12.9. The molecule has 1 aliphatic carbocycles. The fourth-order valence-electron chi connectivity index (χ4n) is 2.70. The summed E-state index contributed by atoms with van der Waals surface area (Å²) >= 11 is 1.36. The predicted molar refractivity (Wildman–Crippen MR) is 93.1 cm³/mol. The van der Waals surface area contributed by atoms with Gasteiger partial charge < -0.3 is 10.4 Å². The third-order valence-electron chi connectivity index (χ3n) is 4.20. The van der Waals surface area contributed by atoms with Crippen molar-refractivity contribution >= 4 is 32.6 Å². The first-order chi connectivity index (χ1) is 11.5. The van der Waals surface area contributed by atoms with Crippen LogP contribution in [0.4, 0.5) is 9.52 Å². The first-order valence-corrected chi connectivity index (χ1v) is 8.48.